The van der Waals surface area contributed by atoms with Gasteiger partial charge in [-0.05, 0) is 17.7 Å². The van der Waals surface area contributed by atoms with Crippen molar-refractivity contribution in [3.8, 4) is 0 Å². The van der Waals surface area contributed by atoms with Gasteiger partial charge in [0.25, 0.3) is 0 Å². The summed E-state index contributed by atoms with van der Waals surface area (Å²) in [5.41, 5.74) is 0.237. The van der Waals surface area contributed by atoms with Crippen LogP contribution in [0.25, 0.3) is 0 Å². The maximum absolute atomic E-state index is 13.3. The summed E-state index contributed by atoms with van der Waals surface area (Å²) in [4.78, 5) is 18.8. The molecule has 1 rings (SSSR count). The molecule has 0 bridgehead atoms. The highest BCUT2D eigenvalue weighted by molar-refractivity contribution is 14.0. The molecule has 25 heavy (non-hydrogen) atoms. The van der Waals surface area contributed by atoms with Crippen molar-refractivity contribution in [3.63, 3.8) is 0 Å². The lowest BCUT2D eigenvalue weighted by Gasteiger charge is -2.22. The van der Waals surface area contributed by atoms with Gasteiger partial charge in [0, 0.05) is 34.2 Å². The summed E-state index contributed by atoms with van der Waals surface area (Å²) in [5, 5.41) is 2.95. The van der Waals surface area contributed by atoms with Gasteiger partial charge in [-0.2, -0.15) is 0 Å². The number of halogens is 4. The van der Waals surface area contributed by atoms with E-state index >= 15 is 0 Å². The second-order valence-corrected chi connectivity index (χ2v) is 5.33. The number of carbonyl (C=O) groups is 1. The molecule has 0 unspecified atom stereocenters. The van der Waals surface area contributed by atoms with Crippen LogP contribution in [0.15, 0.2) is 29.8 Å². The quantitative estimate of drug-likeness (QED) is 0.229. The number of aliphatic imine (C=N–C) groups is 1. The molecule has 1 aromatic carbocycles. The van der Waals surface area contributed by atoms with Crippen LogP contribution in [0.4, 0.5) is 13.2 Å². The van der Waals surface area contributed by atoms with E-state index < -0.39 is 17.5 Å². The Labute approximate surface area is 162 Å². The van der Waals surface area contributed by atoms with E-state index in [1.54, 1.807) is 32.1 Å². The van der Waals surface area contributed by atoms with Gasteiger partial charge in [-0.3, -0.25) is 4.79 Å². The number of amides is 1. The Hall–Kier alpha value is -1.78. The van der Waals surface area contributed by atoms with E-state index in [1.807, 2.05) is 0 Å². The first-order valence-corrected chi connectivity index (χ1v) is 7.20. The normalized spacial score (nSPS) is 10.7. The zero-order valence-corrected chi connectivity index (χ0v) is 16.7. The minimum Gasteiger partial charge on any atom is -0.353 e. The summed E-state index contributed by atoms with van der Waals surface area (Å²) in [6.07, 6.45) is 1.61. The monoisotopic (exact) mass is 470 g/mol. The molecular weight excluding hydrogens is 448 g/mol. The number of carbonyl (C=O) groups excluding carboxylic acids is 1. The van der Waals surface area contributed by atoms with Crippen LogP contribution in [0.3, 0.4) is 0 Å². The maximum atomic E-state index is 13.3. The smallest absolute Gasteiger partial charge is 0.243 e. The van der Waals surface area contributed by atoms with E-state index in [9.17, 15) is 18.0 Å². The molecule has 0 heterocycles. The number of nitrogens with zero attached hydrogens (tertiary/aromatic N) is 3. The molecule has 140 valence electrons. The van der Waals surface area contributed by atoms with Gasteiger partial charge in [-0.15, -0.1) is 30.6 Å². The van der Waals surface area contributed by atoms with Crippen molar-refractivity contribution in [2.75, 3.05) is 34.2 Å². The summed E-state index contributed by atoms with van der Waals surface area (Å²) < 4.78 is 39.6. The van der Waals surface area contributed by atoms with Gasteiger partial charge >= 0.3 is 0 Å². The molecule has 1 aromatic rings. The number of hydrogen-bond donors (Lipinski definition) is 1. The zero-order valence-electron chi connectivity index (χ0n) is 14.4. The highest BCUT2D eigenvalue weighted by Crippen LogP contribution is 2.14. The van der Waals surface area contributed by atoms with Crippen LogP contribution in [0.1, 0.15) is 5.56 Å². The molecule has 0 fully saturated rings. The predicted octanol–water partition coefficient (Wildman–Crippen LogP) is 2.37. The molecule has 1 amide bonds. The Kier molecular flexibility index (Phi) is 10.2. The molecule has 0 aliphatic carbocycles. The molecule has 9 heteroatoms. The van der Waals surface area contributed by atoms with E-state index in [4.69, 9.17) is 0 Å². The van der Waals surface area contributed by atoms with Crippen LogP contribution in [-0.4, -0.2) is 55.9 Å². The fraction of sp³-hybridized carbons (Fsp3) is 0.375. The minimum absolute atomic E-state index is 0. The van der Waals surface area contributed by atoms with E-state index in [2.05, 4.69) is 16.9 Å². The summed E-state index contributed by atoms with van der Waals surface area (Å²) >= 11 is 0. The number of guanidine groups is 1. The van der Waals surface area contributed by atoms with Crippen molar-refractivity contribution in [1.29, 1.82) is 0 Å². The Morgan fingerprint density at radius 1 is 1.24 bits per heavy atom. The van der Waals surface area contributed by atoms with E-state index in [0.717, 1.165) is 12.1 Å². The lowest BCUT2D eigenvalue weighted by Crippen LogP contribution is -2.39. The van der Waals surface area contributed by atoms with E-state index in [1.165, 1.54) is 4.90 Å². The molecular formula is C16H22F3IN4O. The second-order valence-electron chi connectivity index (χ2n) is 5.33. The number of nitrogens with one attached hydrogen (secondary N) is 1. The third kappa shape index (κ3) is 7.32. The highest BCUT2D eigenvalue weighted by atomic mass is 127. The fourth-order valence-electron chi connectivity index (χ4n) is 1.81. The molecule has 1 N–H and O–H groups in total. The van der Waals surface area contributed by atoms with E-state index in [-0.39, 0.29) is 48.5 Å². The van der Waals surface area contributed by atoms with Gasteiger partial charge in [-0.25, -0.2) is 18.2 Å². The van der Waals surface area contributed by atoms with Crippen LogP contribution in [0.5, 0.6) is 0 Å². The van der Waals surface area contributed by atoms with Crippen LogP contribution in [-0.2, 0) is 11.3 Å². The molecule has 0 saturated heterocycles. The lowest BCUT2D eigenvalue weighted by atomic mass is 10.2. The minimum atomic E-state index is -1.50. The molecule has 0 aliphatic heterocycles. The first-order valence-electron chi connectivity index (χ1n) is 7.20. The zero-order chi connectivity index (χ0) is 18.3. The van der Waals surface area contributed by atoms with Gasteiger partial charge in [0.2, 0.25) is 5.91 Å². The molecule has 0 aliphatic rings. The van der Waals surface area contributed by atoms with Gasteiger partial charge in [0.1, 0.15) is 6.54 Å². The Morgan fingerprint density at radius 3 is 2.28 bits per heavy atom. The summed E-state index contributed by atoms with van der Waals surface area (Å²) in [6.45, 7) is 3.97. The highest BCUT2D eigenvalue weighted by Gasteiger charge is 2.14. The molecule has 0 atom stereocenters. The summed E-state index contributed by atoms with van der Waals surface area (Å²) in [5.74, 6) is -3.84. The SMILES string of the molecule is C=CCNC(=NCC(=O)N(C)C)N(C)Cc1cc(F)c(F)c(F)c1.I. The van der Waals surface area contributed by atoms with Crippen molar-refractivity contribution in [2.24, 2.45) is 4.99 Å². The van der Waals surface area contributed by atoms with Gasteiger partial charge in [0.05, 0.1) is 0 Å². The Morgan fingerprint density at radius 2 is 1.80 bits per heavy atom. The molecule has 0 radical (unpaired) electrons. The van der Waals surface area contributed by atoms with Crippen molar-refractivity contribution < 1.29 is 18.0 Å². The number of benzene rings is 1. The summed E-state index contributed by atoms with van der Waals surface area (Å²) in [6, 6.07) is 1.84. The maximum Gasteiger partial charge on any atom is 0.243 e. The van der Waals surface area contributed by atoms with Crippen molar-refractivity contribution >= 4 is 35.8 Å². The molecule has 0 aromatic heterocycles. The van der Waals surface area contributed by atoms with Crippen molar-refractivity contribution in [3.05, 3.63) is 47.8 Å². The average molecular weight is 470 g/mol. The van der Waals surface area contributed by atoms with Crippen molar-refractivity contribution in [1.82, 2.24) is 15.1 Å². The predicted molar refractivity (Wildman–Crippen MR) is 102 cm³/mol. The Balaban J connectivity index is 0.00000576. The second kappa shape index (κ2) is 11.0. The van der Waals surface area contributed by atoms with E-state index in [0.29, 0.717) is 12.5 Å². The van der Waals surface area contributed by atoms with Crippen LogP contribution in [0, 0.1) is 17.5 Å². The third-order valence-corrected chi connectivity index (χ3v) is 3.09. The Bertz CT molecular complexity index is 615. The topological polar surface area (TPSA) is 47.9 Å². The van der Waals surface area contributed by atoms with Crippen molar-refractivity contribution in [2.45, 2.75) is 6.54 Å². The standard InChI is InChI=1S/C16H21F3N4O.HI/c1-5-6-20-16(21-9-14(24)22(2)3)23(4)10-11-7-12(17)15(19)13(18)8-11;/h5,7-8H,1,6,9-10H2,2-4H3,(H,20,21);1H. The van der Waals surface area contributed by atoms with Gasteiger partial charge in [-0.1, -0.05) is 6.08 Å². The number of likely N-dealkylation sites (N-methyl/N-ethyl adjacent to an activating group) is 1. The first-order chi connectivity index (χ1) is 11.3. The molecule has 0 saturated carbocycles. The molecule has 0 spiro atoms. The molecule has 5 nitrogen and oxygen atoms in total. The average Bonchev–Trinajstić information content (AvgIpc) is 2.51. The lowest BCUT2D eigenvalue weighted by molar-refractivity contribution is -0.127. The van der Waals surface area contributed by atoms with Crippen LogP contribution >= 0.6 is 24.0 Å². The van der Waals surface area contributed by atoms with Crippen LogP contribution < -0.4 is 5.32 Å². The third-order valence-electron chi connectivity index (χ3n) is 3.09. The first kappa shape index (κ1) is 23.2. The number of rotatable bonds is 6. The fourth-order valence-corrected chi connectivity index (χ4v) is 1.81. The number of hydrogen-bond acceptors (Lipinski definition) is 2. The summed E-state index contributed by atoms with van der Waals surface area (Å²) in [7, 11) is 4.86. The van der Waals surface area contributed by atoms with Gasteiger partial charge < -0.3 is 15.1 Å². The van der Waals surface area contributed by atoms with Gasteiger partial charge in [0.15, 0.2) is 23.4 Å². The van der Waals surface area contributed by atoms with Crippen LogP contribution in [0.2, 0.25) is 0 Å². The largest absolute Gasteiger partial charge is 0.353 e.